The molecule has 0 aromatic heterocycles. The third kappa shape index (κ3) is 3.07. The Morgan fingerprint density at radius 3 is 2.50 bits per heavy atom. The summed E-state index contributed by atoms with van der Waals surface area (Å²) in [4.78, 5) is 2.62. The molecule has 2 fully saturated rings. The Bertz CT molecular complexity index is 442. The number of hydrogen-bond donors (Lipinski definition) is 1. The molecular weight excluding hydrogens is 244 g/mol. The van der Waals surface area contributed by atoms with E-state index in [1.165, 1.54) is 43.5 Å². The molecule has 0 radical (unpaired) electrons. The fourth-order valence-electron chi connectivity index (χ4n) is 3.90. The van der Waals surface area contributed by atoms with Crippen molar-refractivity contribution in [2.75, 3.05) is 19.6 Å². The summed E-state index contributed by atoms with van der Waals surface area (Å²) in [6.45, 7) is 7.86. The summed E-state index contributed by atoms with van der Waals surface area (Å²) in [5.41, 5.74) is 9.08. The summed E-state index contributed by atoms with van der Waals surface area (Å²) in [5.74, 6) is 2.41. The number of piperidine rings is 1. The number of benzene rings is 1. The third-order valence-electron chi connectivity index (χ3n) is 4.91. The minimum Gasteiger partial charge on any atom is -0.329 e. The van der Waals surface area contributed by atoms with E-state index in [-0.39, 0.29) is 0 Å². The van der Waals surface area contributed by atoms with Crippen molar-refractivity contribution in [3.63, 3.8) is 0 Å². The monoisotopic (exact) mass is 272 g/mol. The molecule has 3 rings (SSSR count). The zero-order valence-corrected chi connectivity index (χ0v) is 12.9. The Balaban J connectivity index is 1.79. The number of rotatable bonds is 4. The van der Waals surface area contributed by atoms with Crippen LogP contribution < -0.4 is 5.73 Å². The zero-order valence-electron chi connectivity index (χ0n) is 12.9. The van der Waals surface area contributed by atoms with Gasteiger partial charge in [0.1, 0.15) is 0 Å². The van der Waals surface area contributed by atoms with Gasteiger partial charge < -0.3 is 5.73 Å². The van der Waals surface area contributed by atoms with E-state index in [9.17, 15) is 0 Å². The zero-order chi connectivity index (χ0) is 14.1. The summed E-state index contributed by atoms with van der Waals surface area (Å²) in [6, 6.07) is 9.60. The van der Waals surface area contributed by atoms with E-state index in [1.807, 2.05) is 0 Å². The molecule has 2 nitrogen and oxygen atoms in total. The fraction of sp³-hybridized carbons (Fsp3) is 0.667. The average molecular weight is 272 g/mol. The quantitative estimate of drug-likeness (QED) is 0.908. The van der Waals surface area contributed by atoms with Gasteiger partial charge in [0, 0.05) is 25.7 Å². The normalized spacial score (nSPS) is 29.4. The SMILES string of the molecule is CC1CC(C)CN(C(CN)c2cccc(C3CC3)c2)C1. The minimum absolute atomic E-state index is 0.402. The van der Waals surface area contributed by atoms with Crippen LogP contribution in [0, 0.1) is 11.8 Å². The van der Waals surface area contributed by atoms with E-state index in [1.54, 1.807) is 0 Å². The van der Waals surface area contributed by atoms with Crippen LogP contribution >= 0.6 is 0 Å². The molecule has 1 aromatic carbocycles. The van der Waals surface area contributed by atoms with E-state index in [4.69, 9.17) is 5.73 Å². The second kappa shape index (κ2) is 5.87. The van der Waals surface area contributed by atoms with Gasteiger partial charge in [0.15, 0.2) is 0 Å². The van der Waals surface area contributed by atoms with Crippen LogP contribution in [0.4, 0.5) is 0 Å². The Hall–Kier alpha value is -0.860. The van der Waals surface area contributed by atoms with Crippen molar-refractivity contribution >= 4 is 0 Å². The molecule has 1 heterocycles. The van der Waals surface area contributed by atoms with E-state index in [0.29, 0.717) is 6.04 Å². The van der Waals surface area contributed by atoms with Crippen molar-refractivity contribution < 1.29 is 0 Å². The van der Waals surface area contributed by atoms with Crippen molar-refractivity contribution in [3.05, 3.63) is 35.4 Å². The number of nitrogens with zero attached hydrogens (tertiary/aromatic N) is 1. The second-order valence-corrected chi connectivity index (χ2v) is 7.10. The fourth-order valence-corrected chi connectivity index (χ4v) is 3.90. The van der Waals surface area contributed by atoms with Crippen LogP contribution in [-0.4, -0.2) is 24.5 Å². The van der Waals surface area contributed by atoms with Crippen LogP contribution in [0.1, 0.15) is 56.2 Å². The lowest BCUT2D eigenvalue weighted by molar-refractivity contribution is 0.0984. The molecular formula is C18H28N2. The Morgan fingerprint density at radius 2 is 1.90 bits per heavy atom. The van der Waals surface area contributed by atoms with Crippen molar-refractivity contribution in [2.45, 2.75) is 45.1 Å². The maximum Gasteiger partial charge on any atom is 0.0470 e. The van der Waals surface area contributed by atoms with Gasteiger partial charge in [-0.3, -0.25) is 4.90 Å². The molecule has 110 valence electrons. The van der Waals surface area contributed by atoms with Crippen molar-refractivity contribution in [1.82, 2.24) is 4.90 Å². The lowest BCUT2D eigenvalue weighted by Gasteiger charge is -2.40. The molecule has 20 heavy (non-hydrogen) atoms. The topological polar surface area (TPSA) is 29.3 Å². The van der Waals surface area contributed by atoms with E-state index >= 15 is 0 Å². The van der Waals surface area contributed by atoms with Gasteiger partial charge in [-0.15, -0.1) is 0 Å². The molecule has 1 aromatic rings. The highest BCUT2D eigenvalue weighted by Gasteiger charge is 2.29. The number of nitrogens with two attached hydrogens (primary N) is 1. The van der Waals surface area contributed by atoms with Gasteiger partial charge in [-0.25, -0.2) is 0 Å². The highest BCUT2D eigenvalue weighted by molar-refractivity contribution is 5.31. The lowest BCUT2D eigenvalue weighted by Crippen LogP contribution is -2.43. The number of likely N-dealkylation sites (tertiary alicyclic amines) is 1. The molecule has 2 N–H and O–H groups in total. The predicted octanol–water partition coefficient (Wildman–Crippen LogP) is 3.54. The van der Waals surface area contributed by atoms with Gasteiger partial charge in [-0.2, -0.15) is 0 Å². The Morgan fingerprint density at radius 1 is 1.20 bits per heavy atom. The highest BCUT2D eigenvalue weighted by Crippen LogP contribution is 2.41. The van der Waals surface area contributed by atoms with E-state index < -0.39 is 0 Å². The maximum atomic E-state index is 6.13. The molecule has 1 saturated heterocycles. The van der Waals surface area contributed by atoms with Gasteiger partial charge >= 0.3 is 0 Å². The number of hydrogen-bond acceptors (Lipinski definition) is 2. The molecule has 1 aliphatic heterocycles. The van der Waals surface area contributed by atoms with Crippen LogP contribution in [0.15, 0.2) is 24.3 Å². The minimum atomic E-state index is 0.402. The first-order valence-corrected chi connectivity index (χ1v) is 8.21. The van der Waals surface area contributed by atoms with Crippen molar-refractivity contribution in [2.24, 2.45) is 17.6 Å². The summed E-state index contributed by atoms with van der Waals surface area (Å²) in [6.07, 6.45) is 4.10. The van der Waals surface area contributed by atoms with Gasteiger partial charge in [0.2, 0.25) is 0 Å². The van der Waals surface area contributed by atoms with Crippen LogP contribution in [0.3, 0.4) is 0 Å². The summed E-state index contributed by atoms with van der Waals surface area (Å²) >= 11 is 0. The molecule has 3 unspecified atom stereocenters. The molecule has 1 saturated carbocycles. The maximum absolute atomic E-state index is 6.13. The first kappa shape index (κ1) is 14.1. The molecule has 2 heteroatoms. The van der Waals surface area contributed by atoms with Crippen LogP contribution in [0.25, 0.3) is 0 Å². The van der Waals surface area contributed by atoms with Crippen LogP contribution in [0.2, 0.25) is 0 Å². The highest BCUT2D eigenvalue weighted by atomic mass is 15.2. The lowest BCUT2D eigenvalue weighted by atomic mass is 9.89. The van der Waals surface area contributed by atoms with E-state index in [2.05, 4.69) is 43.0 Å². The molecule has 3 atom stereocenters. The molecule has 0 amide bonds. The smallest absolute Gasteiger partial charge is 0.0470 e. The Kier molecular flexibility index (Phi) is 4.13. The van der Waals surface area contributed by atoms with Crippen LogP contribution in [-0.2, 0) is 0 Å². The van der Waals surface area contributed by atoms with Gasteiger partial charge in [0.05, 0.1) is 0 Å². The molecule has 1 aliphatic carbocycles. The van der Waals surface area contributed by atoms with Crippen molar-refractivity contribution in [3.8, 4) is 0 Å². The van der Waals surface area contributed by atoms with Gasteiger partial charge in [0.25, 0.3) is 0 Å². The van der Waals surface area contributed by atoms with Gasteiger partial charge in [-0.05, 0) is 48.1 Å². The summed E-state index contributed by atoms with van der Waals surface area (Å²) in [7, 11) is 0. The Labute approximate surface area is 123 Å². The third-order valence-corrected chi connectivity index (χ3v) is 4.91. The standard InChI is InChI=1S/C18H28N2/c1-13-8-14(2)12-20(11-13)18(10-19)17-5-3-4-16(9-17)15-6-7-15/h3-5,9,13-15,18H,6-8,10-12,19H2,1-2H3. The second-order valence-electron chi connectivity index (χ2n) is 7.10. The molecule has 0 bridgehead atoms. The van der Waals surface area contributed by atoms with E-state index in [0.717, 1.165) is 24.3 Å². The summed E-state index contributed by atoms with van der Waals surface area (Å²) in [5, 5.41) is 0. The average Bonchev–Trinajstić information content (AvgIpc) is 3.23. The van der Waals surface area contributed by atoms with Crippen LogP contribution in [0.5, 0.6) is 0 Å². The largest absolute Gasteiger partial charge is 0.329 e. The molecule has 0 spiro atoms. The van der Waals surface area contributed by atoms with Crippen molar-refractivity contribution in [1.29, 1.82) is 0 Å². The summed E-state index contributed by atoms with van der Waals surface area (Å²) < 4.78 is 0. The first-order valence-electron chi connectivity index (χ1n) is 8.21. The predicted molar refractivity (Wildman–Crippen MR) is 84.7 cm³/mol. The molecule has 2 aliphatic rings. The van der Waals surface area contributed by atoms with Gasteiger partial charge in [-0.1, -0.05) is 38.1 Å². The first-order chi connectivity index (χ1) is 9.67.